The van der Waals surface area contributed by atoms with Crippen molar-refractivity contribution in [3.63, 3.8) is 0 Å². The topological polar surface area (TPSA) is 65.7 Å². The summed E-state index contributed by atoms with van der Waals surface area (Å²) in [4.78, 5) is 0.907. The number of nitrogens with zero attached hydrogens (tertiary/aromatic N) is 3. The smallest absolute Gasteiger partial charge is 0.213 e. The Hall–Kier alpha value is -3.54. The normalized spacial score (nSPS) is 10.3. The fourth-order valence-corrected chi connectivity index (χ4v) is 3.45. The molecular weight excluding hydrogens is 330 g/mol. The van der Waals surface area contributed by atoms with Crippen molar-refractivity contribution in [2.24, 2.45) is 0 Å². The minimum absolute atomic E-state index is 0.496. The largest absolute Gasteiger partial charge is 0.437 e. The summed E-state index contributed by atoms with van der Waals surface area (Å²) in [5.74, 6) is 1.16. The predicted molar refractivity (Wildman–Crippen MR) is 96.2 cm³/mol. The summed E-state index contributed by atoms with van der Waals surface area (Å²) in [5, 5.41) is 20.8. The van der Waals surface area contributed by atoms with Gasteiger partial charge in [0.2, 0.25) is 5.88 Å². The average Bonchev–Trinajstić information content (AvgIpc) is 3.40. The zero-order valence-electron chi connectivity index (χ0n) is 13.0. The maximum absolute atomic E-state index is 9.80. The van der Waals surface area contributed by atoms with Crippen molar-refractivity contribution in [3.8, 4) is 39.8 Å². The molecular formula is C20H11N3OS. The van der Waals surface area contributed by atoms with Gasteiger partial charge in [0, 0.05) is 12.4 Å². The number of hydrogen-bond donors (Lipinski definition) is 0. The van der Waals surface area contributed by atoms with Crippen LogP contribution in [0.15, 0.2) is 70.7 Å². The van der Waals surface area contributed by atoms with Crippen molar-refractivity contribution >= 4 is 11.3 Å². The average molecular weight is 341 g/mol. The molecule has 0 aliphatic carbocycles. The lowest BCUT2D eigenvalue weighted by Crippen LogP contribution is -1.91. The van der Waals surface area contributed by atoms with Crippen molar-refractivity contribution in [1.82, 2.24) is 4.57 Å². The molecule has 0 amide bonds. The van der Waals surface area contributed by atoms with Gasteiger partial charge in [0.15, 0.2) is 5.76 Å². The first-order valence-electron chi connectivity index (χ1n) is 7.56. The summed E-state index contributed by atoms with van der Waals surface area (Å²) in [7, 11) is 0. The fraction of sp³-hybridized carbons (Fsp3) is 0. The first-order valence-corrected chi connectivity index (χ1v) is 8.44. The highest BCUT2D eigenvalue weighted by atomic mass is 32.1. The van der Waals surface area contributed by atoms with E-state index < -0.39 is 0 Å². The number of aromatic nitrogens is 1. The summed E-state index contributed by atoms with van der Waals surface area (Å²) in [5.41, 5.74) is 2.64. The zero-order chi connectivity index (χ0) is 17.2. The van der Waals surface area contributed by atoms with Crippen LogP contribution < -0.4 is 0 Å². The Labute approximate surface area is 148 Å². The van der Waals surface area contributed by atoms with E-state index in [-0.39, 0.29) is 0 Å². The first-order chi connectivity index (χ1) is 12.3. The molecule has 0 aliphatic rings. The molecule has 5 heteroatoms. The van der Waals surface area contributed by atoms with E-state index in [0.29, 0.717) is 22.8 Å². The van der Waals surface area contributed by atoms with Crippen LogP contribution in [0, 0.1) is 22.7 Å². The zero-order valence-corrected chi connectivity index (χ0v) is 13.8. The van der Waals surface area contributed by atoms with Crippen LogP contribution in [0.25, 0.3) is 27.6 Å². The molecule has 0 atom stereocenters. The van der Waals surface area contributed by atoms with Gasteiger partial charge in [-0.1, -0.05) is 18.2 Å². The van der Waals surface area contributed by atoms with Crippen LogP contribution in [0.5, 0.6) is 0 Å². The third-order valence-corrected chi connectivity index (χ3v) is 4.76. The molecule has 0 aliphatic heterocycles. The van der Waals surface area contributed by atoms with E-state index in [1.807, 2.05) is 58.7 Å². The third-order valence-electron chi connectivity index (χ3n) is 3.89. The standard InChI is InChI=1S/C20H11N3OS/c21-12-14-5-7-15(8-6-14)18-16(13-22)19(17-4-3-11-25-17)24-20(18)23-9-1-2-10-23/h1-11H. The highest BCUT2D eigenvalue weighted by molar-refractivity contribution is 7.13. The number of furan rings is 1. The lowest BCUT2D eigenvalue weighted by molar-refractivity contribution is 0.554. The van der Waals surface area contributed by atoms with E-state index in [1.165, 1.54) is 11.3 Å². The highest BCUT2D eigenvalue weighted by Gasteiger charge is 2.24. The van der Waals surface area contributed by atoms with Gasteiger partial charge in [-0.05, 0) is 41.3 Å². The van der Waals surface area contributed by atoms with Crippen LogP contribution in [0.3, 0.4) is 0 Å². The van der Waals surface area contributed by atoms with Crippen LogP contribution in [-0.4, -0.2) is 4.57 Å². The van der Waals surface area contributed by atoms with E-state index in [1.54, 1.807) is 12.1 Å². The molecule has 4 aromatic rings. The van der Waals surface area contributed by atoms with Crippen molar-refractivity contribution in [1.29, 1.82) is 10.5 Å². The first kappa shape index (κ1) is 15.0. The molecule has 0 N–H and O–H groups in total. The van der Waals surface area contributed by atoms with Crippen molar-refractivity contribution in [3.05, 3.63) is 77.4 Å². The Morgan fingerprint density at radius 3 is 2.28 bits per heavy atom. The minimum Gasteiger partial charge on any atom is -0.437 e. The van der Waals surface area contributed by atoms with E-state index in [0.717, 1.165) is 16.0 Å². The van der Waals surface area contributed by atoms with Crippen LogP contribution in [0.4, 0.5) is 0 Å². The molecule has 0 saturated heterocycles. The van der Waals surface area contributed by atoms with Crippen LogP contribution >= 0.6 is 11.3 Å². The Balaban J connectivity index is 2.00. The van der Waals surface area contributed by atoms with E-state index in [4.69, 9.17) is 9.68 Å². The van der Waals surface area contributed by atoms with Gasteiger partial charge in [-0.15, -0.1) is 11.3 Å². The minimum atomic E-state index is 0.496. The molecule has 0 bridgehead atoms. The van der Waals surface area contributed by atoms with Crippen molar-refractivity contribution < 1.29 is 4.42 Å². The molecule has 118 valence electrons. The third kappa shape index (κ3) is 2.53. The number of rotatable bonds is 3. The maximum atomic E-state index is 9.80. The second-order valence-electron chi connectivity index (χ2n) is 5.35. The molecule has 4 nitrogen and oxygen atoms in total. The molecule has 0 fully saturated rings. The fourth-order valence-electron chi connectivity index (χ4n) is 2.74. The van der Waals surface area contributed by atoms with Crippen molar-refractivity contribution in [2.75, 3.05) is 0 Å². The van der Waals surface area contributed by atoms with Gasteiger partial charge < -0.3 is 4.42 Å². The molecule has 1 aromatic carbocycles. The second kappa shape index (κ2) is 6.16. The van der Waals surface area contributed by atoms with Gasteiger partial charge in [-0.25, -0.2) is 0 Å². The van der Waals surface area contributed by atoms with Gasteiger partial charge in [0.1, 0.15) is 11.6 Å². The van der Waals surface area contributed by atoms with E-state index in [9.17, 15) is 5.26 Å². The number of hydrogen-bond acceptors (Lipinski definition) is 4. The maximum Gasteiger partial charge on any atom is 0.213 e. The van der Waals surface area contributed by atoms with Gasteiger partial charge >= 0.3 is 0 Å². The molecule has 25 heavy (non-hydrogen) atoms. The van der Waals surface area contributed by atoms with E-state index >= 15 is 0 Å². The van der Waals surface area contributed by atoms with Gasteiger partial charge in [-0.3, -0.25) is 4.57 Å². The summed E-state index contributed by atoms with van der Waals surface area (Å²) in [6, 6.07) is 19.3. The van der Waals surface area contributed by atoms with Gasteiger partial charge in [0.25, 0.3) is 0 Å². The molecule has 3 heterocycles. The second-order valence-corrected chi connectivity index (χ2v) is 6.30. The van der Waals surface area contributed by atoms with Crippen LogP contribution in [0.1, 0.15) is 11.1 Å². The number of benzene rings is 1. The molecule has 0 saturated carbocycles. The number of nitriles is 2. The predicted octanol–water partition coefficient (Wildman–Crippen LogP) is 5.21. The monoisotopic (exact) mass is 341 g/mol. The van der Waals surface area contributed by atoms with Crippen LogP contribution in [0.2, 0.25) is 0 Å². The van der Waals surface area contributed by atoms with Gasteiger partial charge in [0.05, 0.1) is 22.1 Å². The van der Waals surface area contributed by atoms with Gasteiger partial charge in [-0.2, -0.15) is 10.5 Å². The highest BCUT2D eigenvalue weighted by Crippen LogP contribution is 2.41. The molecule has 4 rings (SSSR count). The lowest BCUT2D eigenvalue weighted by Gasteiger charge is -2.04. The van der Waals surface area contributed by atoms with E-state index in [2.05, 4.69) is 12.1 Å². The Morgan fingerprint density at radius 2 is 1.68 bits per heavy atom. The molecule has 0 unspecified atom stereocenters. The van der Waals surface area contributed by atoms with Crippen molar-refractivity contribution in [2.45, 2.75) is 0 Å². The molecule has 0 radical (unpaired) electrons. The summed E-state index contributed by atoms with van der Waals surface area (Å²) < 4.78 is 7.98. The quantitative estimate of drug-likeness (QED) is 0.514. The Bertz CT molecular complexity index is 1090. The SMILES string of the molecule is N#Cc1ccc(-c2c(-n3cccc3)oc(-c3cccs3)c2C#N)cc1. The Kier molecular flexibility index (Phi) is 3.70. The van der Waals surface area contributed by atoms with Crippen LogP contribution in [-0.2, 0) is 0 Å². The molecule has 0 spiro atoms. The number of thiophene rings is 1. The summed E-state index contributed by atoms with van der Waals surface area (Å²) in [6.45, 7) is 0. The molecule has 3 aromatic heterocycles. The summed E-state index contributed by atoms with van der Waals surface area (Å²) in [6.07, 6.45) is 3.76. The Morgan fingerprint density at radius 1 is 0.920 bits per heavy atom. The summed E-state index contributed by atoms with van der Waals surface area (Å²) >= 11 is 1.53. The lowest BCUT2D eigenvalue weighted by atomic mass is 10.0.